The van der Waals surface area contributed by atoms with E-state index in [-0.39, 0.29) is 5.60 Å². The van der Waals surface area contributed by atoms with Gasteiger partial charge in [0.05, 0.1) is 0 Å². The van der Waals surface area contributed by atoms with E-state index in [4.69, 9.17) is 4.74 Å². The average molecular weight is 576 g/mol. The number of halogens is 1. The van der Waals surface area contributed by atoms with Crippen LogP contribution in [-0.4, -0.2) is 16.9 Å². The molecule has 0 radical (unpaired) electrons. The van der Waals surface area contributed by atoms with E-state index in [1.807, 2.05) is 13.8 Å². The monoisotopic (exact) mass is 574 g/mol. The first-order valence-corrected chi connectivity index (χ1v) is 17.5. The third kappa shape index (κ3) is 4.21. The molecule has 1 N–H and O–H groups in total. The van der Waals surface area contributed by atoms with Gasteiger partial charge in [0.15, 0.2) is 0 Å². The third-order valence-electron chi connectivity index (χ3n) is 8.54. The van der Waals surface area contributed by atoms with E-state index in [1.165, 1.54) is 15.9 Å². The molecular weight excluding hydrogens is 539 g/mol. The Balaban J connectivity index is 1.63. The van der Waals surface area contributed by atoms with Crippen LogP contribution < -0.4 is 20.7 Å². The zero-order valence-electron chi connectivity index (χ0n) is 22.2. The molecule has 0 spiro atoms. The van der Waals surface area contributed by atoms with Crippen LogP contribution in [-0.2, 0) is 6.42 Å². The van der Waals surface area contributed by atoms with Crippen molar-refractivity contribution in [3.8, 4) is 11.5 Å². The SMILES string of the molecule is Cc1c(C)c2c(c(C)c1O)CCC(C)(CCP(Br)(c1ccccc1)(c1ccccc1)c1ccccc1)O2. The van der Waals surface area contributed by atoms with E-state index in [1.54, 1.807) is 0 Å². The molecule has 4 aromatic rings. The van der Waals surface area contributed by atoms with Crippen molar-refractivity contribution < 1.29 is 9.84 Å². The quantitative estimate of drug-likeness (QED) is 0.240. The predicted molar refractivity (Wildman–Crippen MR) is 163 cm³/mol. The Hall–Kier alpha value is -2.61. The molecule has 1 heterocycles. The number of rotatable bonds is 6. The van der Waals surface area contributed by atoms with Crippen LogP contribution in [0.4, 0.5) is 0 Å². The summed E-state index contributed by atoms with van der Waals surface area (Å²) in [6.07, 6.45) is 3.66. The predicted octanol–water partition coefficient (Wildman–Crippen LogP) is 7.63. The number of hydrogen-bond donors (Lipinski definition) is 1. The topological polar surface area (TPSA) is 29.5 Å². The average Bonchev–Trinajstić information content (AvgIpc) is 2.95. The van der Waals surface area contributed by atoms with Crippen molar-refractivity contribution in [1.29, 1.82) is 0 Å². The molecule has 0 aliphatic carbocycles. The van der Waals surface area contributed by atoms with Crippen molar-refractivity contribution >= 4 is 36.7 Å². The van der Waals surface area contributed by atoms with E-state index in [2.05, 4.69) is 120 Å². The van der Waals surface area contributed by atoms with Gasteiger partial charge in [-0.2, -0.15) is 0 Å². The van der Waals surface area contributed by atoms with E-state index < -0.39 is 5.31 Å². The molecule has 0 fully saturated rings. The third-order valence-corrected chi connectivity index (χ3v) is 18.5. The zero-order chi connectivity index (χ0) is 26.3. The van der Waals surface area contributed by atoms with Crippen LogP contribution in [0.1, 0.15) is 42.0 Å². The van der Waals surface area contributed by atoms with Crippen molar-refractivity contribution in [3.05, 3.63) is 113 Å². The summed E-state index contributed by atoms with van der Waals surface area (Å²) in [6, 6.07) is 32.9. The first kappa shape index (κ1) is 26.0. The Morgan fingerprint density at radius 3 is 1.68 bits per heavy atom. The Labute approximate surface area is 229 Å². The summed E-state index contributed by atoms with van der Waals surface area (Å²) in [4.78, 5) is 0. The van der Waals surface area contributed by atoms with E-state index in [0.717, 1.165) is 53.4 Å². The number of fused-ring (bicyclic) bond motifs is 1. The minimum absolute atomic E-state index is 0.317. The summed E-state index contributed by atoms with van der Waals surface area (Å²) < 4.78 is 6.90. The molecular formula is C33H36BrO2P. The number of hydrogen-bond acceptors (Lipinski definition) is 2. The molecule has 1 unspecified atom stereocenters. The van der Waals surface area contributed by atoms with Crippen molar-refractivity contribution in [2.24, 2.45) is 0 Å². The Bertz CT molecular complexity index is 1320. The fourth-order valence-corrected chi connectivity index (χ4v) is 13.6. The number of phenols is 1. The molecule has 4 aromatic carbocycles. The zero-order valence-corrected chi connectivity index (χ0v) is 24.6. The molecule has 37 heavy (non-hydrogen) atoms. The molecule has 1 aliphatic rings. The summed E-state index contributed by atoms with van der Waals surface area (Å²) in [5.41, 5.74) is 3.76. The number of ether oxygens (including phenoxy) is 1. The first-order valence-electron chi connectivity index (χ1n) is 13.1. The summed E-state index contributed by atoms with van der Waals surface area (Å²) >= 11 is 4.59. The molecule has 1 aliphatic heterocycles. The Morgan fingerprint density at radius 2 is 1.22 bits per heavy atom. The van der Waals surface area contributed by atoms with Gasteiger partial charge in [-0.15, -0.1) is 0 Å². The van der Waals surface area contributed by atoms with Gasteiger partial charge < -0.3 is 0 Å². The van der Waals surface area contributed by atoms with Crippen LogP contribution >= 0.6 is 20.8 Å². The second kappa shape index (κ2) is 9.61. The fourth-order valence-electron chi connectivity index (χ4n) is 5.97. The van der Waals surface area contributed by atoms with Crippen molar-refractivity contribution in [2.45, 2.75) is 52.6 Å². The summed E-state index contributed by atoms with van der Waals surface area (Å²) in [7, 11) is 0. The van der Waals surface area contributed by atoms with Crippen molar-refractivity contribution in [3.63, 3.8) is 0 Å². The van der Waals surface area contributed by atoms with Crippen LogP contribution in [0.2, 0.25) is 0 Å². The maximum absolute atomic E-state index is 10.6. The van der Waals surface area contributed by atoms with Gasteiger partial charge >= 0.3 is 230 Å². The fraction of sp³-hybridized carbons (Fsp3) is 0.273. The van der Waals surface area contributed by atoms with E-state index in [0.29, 0.717) is 5.75 Å². The molecule has 0 aromatic heterocycles. The molecule has 0 saturated heterocycles. The molecule has 2 nitrogen and oxygen atoms in total. The van der Waals surface area contributed by atoms with Crippen molar-refractivity contribution in [1.82, 2.24) is 0 Å². The molecule has 192 valence electrons. The number of phenolic OH excluding ortho intramolecular Hbond substituents is 1. The van der Waals surface area contributed by atoms with E-state index >= 15 is 0 Å². The standard InChI is InChI=1S/C33H36BrO2P/c1-24-25(2)32-30(26(3)31(24)35)20-21-33(4,36-32)22-23-37(34,27-14-8-5-9-15-27,28-16-10-6-11-17-28)29-18-12-7-13-19-29/h5-19,35H,20-23H2,1-4H3. The van der Waals surface area contributed by atoms with Crippen molar-refractivity contribution in [2.75, 3.05) is 6.16 Å². The van der Waals surface area contributed by atoms with Gasteiger partial charge in [0, 0.05) is 0 Å². The first-order chi connectivity index (χ1) is 17.7. The summed E-state index contributed by atoms with van der Waals surface area (Å²) in [5.74, 6) is 1.38. The van der Waals surface area contributed by atoms with Gasteiger partial charge in [0.25, 0.3) is 0 Å². The molecule has 1 atom stereocenters. The second-order valence-electron chi connectivity index (χ2n) is 10.7. The van der Waals surface area contributed by atoms with E-state index in [9.17, 15) is 5.11 Å². The number of benzene rings is 4. The normalized spacial score (nSPS) is 18.4. The molecule has 0 saturated carbocycles. The van der Waals surface area contributed by atoms with Gasteiger partial charge in [-0.25, -0.2) is 0 Å². The van der Waals surface area contributed by atoms with Gasteiger partial charge in [-0.05, 0) is 0 Å². The Kier molecular flexibility index (Phi) is 6.75. The Morgan fingerprint density at radius 1 is 0.757 bits per heavy atom. The molecule has 0 amide bonds. The summed E-state index contributed by atoms with van der Waals surface area (Å²) in [6.45, 7) is 8.33. The van der Waals surface area contributed by atoms with Gasteiger partial charge in [-0.3, -0.25) is 0 Å². The van der Waals surface area contributed by atoms with Crippen LogP contribution in [0.3, 0.4) is 0 Å². The maximum atomic E-state index is 10.6. The van der Waals surface area contributed by atoms with Crippen LogP contribution in [0.15, 0.2) is 91.0 Å². The van der Waals surface area contributed by atoms with Crippen LogP contribution in [0.25, 0.3) is 0 Å². The van der Waals surface area contributed by atoms with Gasteiger partial charge in [0.1, 0.15) is 0 Å². The minimum atomic E-state index is -3.02. The molecule has 4 heteroatoms. The molecule has 5 rings (SSSR count). The summed E-state index contributed by atoms with van der Waals surface area (Å²) in [5, 5.41) is 11.6. The van der Waals surface area contributed by atoms with Gasteiger partial charge in [-0.1, -0.05) is 0 Å². The van der Waals surface area contributed by atoms with Gasteiger partial charge in [0.2, 0.25) is 0 Å². The number of aromatic hydroxyl groups is 1. The second-order valence-corrected chi connectivity index (χ2v) is 19.8. The van der Waals surface area contributed by atoms with Crippen LogP contribution in [0, 0.1) is 20.8 Å². The van der Waals surface area contributed by atoms with Crippen LogP contribution in [0.5, 0.6) is 11.5 Å². The molecule has 0 bridgehead atoms.